The molecule has 0 fully saturated rings. The topological polar surface area (TPSA) is 102 Å². The number of sulfone groups is 1. The summed E-state index contributed by atoms with van der Waals surface area (Å²) in [5, 5.41) is -0.380. The summed E-state index contributed by atoms with van der Waals surface area (Å²) < 4.78 is 25.8. The number of hydrogen-bond acceptors (Lipinski definition) is 5. The van der Waals surface area contributed by atoms with E-state index in [4.69, 9.17) is 5.73 Å². The summed E-state index contributed by atoms with van der Waals surface area (Å²) >= 11 is 0. The molecular formula is C23H27N5O2RbReS-. The van der Waals surface area contributed by atoms with Crippen molar-refractivity contribution < 1.29 is 87.0 Å². The SMILES string of the molecule is CC.Cc1ccc(-n2c(-c3ccccc3C)nc3c([NH-])nc(S(C)(=O)=O)nc32)cc1.[CH3-].[Rb+].[Re]. The van der Waals surface area contributed by atoms with Crippen LogP contribution in [0.15, 0.2) is 53.7 Å². The molecule has 0 unspecified atom stereocenters. The van der Waals surface area contributed by atoms with Crippen molar-refractivity contribution in [2.45, 2.75) is 32.9 Å². The van der Waals surface area contributed by atoms with Gasteiger partial charge in [-0.2, -0.15) is 0 Å². The predicted octanol–water partition coefficient (Wildman–Crippen LogP) is 2.66. The normalized spacial score (nSPS) is 10.2. The Kier molecular flexibility index (Phi) is 13.0. The van der Waals surface area contributed by atoms with Gasteiger partial charge in [0.2, 0.25) is 0 Å². The maximum atomic E-state index is 12.0. The van der Waals surface area contributed by atoms with Crippen LogP contribution < -0.4 is 58.2 Å². The van der Waals surface area contributed by atoms with Crippen LogP contribution >= 0.6 is 0 Å². The minimum Gasteiger partial charge on any atom is -0.480 e. The first-order chi connectivity index (χ1) is 14.3. The molecule has 2 aromatic carbocycles. The maximum absolute atomic E-state index is 12.0. The molecule has 7 nitrogen and oxygen atoms in total. The van der Waals surface area contributed by atoms with Crippen LogP contribution in [0.5, 0.6) is 0 Å². The van der Waals surface area contributed by atoms with Gasteiger partial charge in [0, 0.05) is 37.9 Å². The molecule has 0 saturated heterocycles. The molecule has 0 aliphatic carbocycles. The number of aryl methyl sites for hydroxylation is 2. The van der Waals surface area contributed by atoms with Crippen LogP contribution in [-0.2, 0) is 30.3 Å². The first-order valence-corrected chi connectivity index (χ1v) is 11.5. The third kappa shape index (κ3) is 6.88. The van der Waals surface area contributed by atoms with Crippen LogP contribution in [0.4, 0.5) is 5.82 Å². The van der Waals surface area contributed by atoms with E-state index in [0.29, 0.717) is 11.5 Å². The summed E-state index contributed by atoms with van der Waals surface area (Å²) in [4.78, 5) is 12.7. The quantitative estimate of drug-likeness (QED) is 0.241. The summed E-state index contributed by atoms with van der Waals surface area (Å²) in [6, 6.07) is 15.5. The molecule has 2 aromatic heterocycles. The zero-order valence-electron chi connectivity index (χ0n) is 20.0. The molecule has 0 aliphatic rings. The van der Waals surface area contributed by atoms with E-state index in [1.807, 2.05) is 76.2 Å². The summed E-state index contributed by atoms with van der Waals surface area (Å²) in [5.74, 6) is 0.372. The Bertz CT molecular complexity index is 1320. The average Bonchev–Trinajstić information content (AvgIpc) is 3.10. The molecule has 171 valence electrons. The second-order valence-electron chi connectivity index (χ2n) is 6.72. The Labute approximate surface area is 259 Å². The molecule has 0 aliphatic heterocycles. The van der Waals surface area contributed by atoms with E-state index in [-0.39, 0.29) is 103 Å². The molecule has 0 spiro atoms. The van der Waals surface area contributed by atoms with Gasteiger partial charge in [-0.05, 0) is 37.4 Å². The van der Waals surface area contributed by atoms with E-state index in [1.165, 1.54) is 0 Å². The number of hydrogen-bond donors (Lipinski definition) is 0. The Hall–Kier alpha value is -0.792. The predicted molar refractivity (Wildman–Crippen MR) is 126 cm³/mol. The minimum absolute atomic E-state index is 0. The van der Waals surface area contributed by atoms with E-state index in [2.05, 4.69) is 15.0 Å². The van der Waals surface area contributed by atoms with E-state index < -0.39 is 9.84 Å². The van der Waals surface area contributed by atoms with Crippen LogP contribution in [0.25, 0.3) is 34.0 Å². The Balaban J connectivity index is 0.00000199. The molecule has 0 bridgehead atoms. The van der Waals surface area contributed by atoms with Gasteiger partial charge in [-0.15, -0.1) is 0 Å². The molecule has 1 radical (unpaired) electrons. The zero-order valence-corrected chi connectivity index (χ0v) is 28.5. The first kappa shape index (κ1) is 32.2. The summed E-state index contributed by atoms with van der Waals surface area (Å²) in [6.07, 6.45) is 1.03. The van der Waals surface area contributed by atoms with Crippen LogP contribution in [-0.4, -0.2) is 34.2 Å². The number of rotatable bonds is 3. The Morgan fingerprint density at radius 2 is 1.48 bits per heavy atom. The Morgan fingerprint density at radius 1 is 0.909 bits per heavy atom. The van der Waals surface area contributed by atoms with Crippen molar-refractivity contribution >= 4 is 26.8 Å². The number of fused-ring (bicyclic) bond motifs is 1. The van der Waals surface area contributed by atoms with Crippen molar-refractivity contribution in [2.75, 3.05) is 6.26 Å². The van der Waals surface area contributed by atoms with Gasteiger partial charge in [0.1, 0.15) is 16.5 Å². The fourth-order valence-corrected chi connectivity index (χ4v) is 3.56. The third-order valence-electron chi connectivity index (χ3n) is 4.50. The summed E-state index contributed by atoms with van der Waals surface area (Å²) in [7, 11) is -3.67. The van der Waals surface area contributed by atoms with Gasteiger partial charge >= 0.3 is 58.2 Å². The Morgan fingerprint density at radius 3 is 2.03 bits per heavy atom. The molecule has 0 amide bonds. The van der Waals surface area contributed by atoms with Crippen LogP contribution in [0.3, 0.4) is 0 Å². The smallest absolute Gasteiger partial charge is 0.480 e. The molecule has 33 heavy (non-hydrogen) atoms. The van der Waals surface area contributed by atoms with Crippen molar-refractivity contribution in [2.24, 2.45) is 0 Å². The first-order valence-electron chi connectivity index (χ1n) is 9.61. The maximum Gasteiger partial charge on any atom is 1.00 e. The van der Waals surface area contributed by atoms with Gasteiger partial charge in [-0.1, -0.05) is 55.8 Å². The number of aromatic nitrogens is 4. The number of nitrogens with one attached hydrogen (secondary N) is 1. The monoisotopic (exact) mass is 709 g/mol. The number of imidazole rings is 1. The molecule has 4 rings (SSSR count). The second-order valence-corrected chi connectivity index (χ2v) is 8.63. The van der Waals surface area contributed by atoms with Gasteiger partial charge < -0.3 is 18.1 Å². The van der Waals surface area contributed by atoms with E-state index in [0.717, 1.165) is 28.6 Å². The average molecular weight is 709 g/mol. The fourth-order valence-electron chi connectivity index (χ4n) is 3.05. The largest absolute Gasteiger partial charge is 1.00 e. The zero-order chi connectivity index (χ0) is 22.1. The summed E-state index contributed by atoms with van der Waals surface area (Å²) in [5.41, 5.74) is 12.5. The van der Waals surface area contributed by atoms with Gasteiger partial charge in [-0.3, -0.25) is 4.57 Å². The molecular weight excluding hydrogens is 682 g/mol. The molecule has 0 atom stereocenters. The number of benzene rings is 2. The molecule has 4 aromatic rings. The fraction of sp³-hybridized carbons (Fsp3) is 0.217. The van der Waals surface area contributed by atoms with Crippen LogP contribution in [0, 0.1) is 21.3 Å². The van der Waals surface area contributed by atoms with E-state index >= 15 is 0 Å². The van der Waals surface area contributed by atoms with Gasteiger partial charge in [0.05, 0.1) is 0 Å². The van der Waals surface area contributed by atoms with Gasteiger partial charge in [0.25, 0.3) is 0 Å². The van der Waals surface area contributed by atoms with Crippen molar-refractivity contribution in [3.8, 4) is 17.1 Å². The molecule has 2 heterocycles. The molecule has 1 N–H and O–H groups in total. The number of nitrogens with zero attached hydrogens (tertiary/aromatic N) is 4. The molecule has 0 saturated carbocycles. The van der Waals surface area contributed by atoms with Crippen LogP contribution in [0.2, 0.25) is 0 Å². The van der Waals surface area contributed by atoms with Crippen molar-refractivity contribution in [1.82, 2.24) is 19.5 Å². The van der Waals surface area contributed by atoms with Crippen molar-refractivity contribution in [3.05, 3.63) is 72.8 Å². The van der Waals surface area contributed by atoms with Gasteiger partial charge in [-0.25, -0.2) is 18.4 Å². The summed E-state index contributed by atoms with van der Waals surface area (Å²) in [6.45, 7) is 7.97. The van der Waals surface area contributed by atoms with Crippen molar-refractivity contribution in [1.29, 1.82) is 0 Å². The van der Waals surface area contributed by atoms with E-state index in [9.17, 15) is 8.42 Å². The van der Waals surface area contributed by atoms with Gasteiger partial charge in [0.15, 0.2) is 15.5 Å². The van der Waals surface area contributed by atoms with Crippen LogP contribution in [0.1, 0.15) is 25.0 Å². The minimum atomic E-state index is -3.67. The standard InChI is InChI=1S/C20H18N5O2S.C2H6.CH3.Rb.Re/c1-12-8-10-14(11-9-12)25-18(15-7-5-4-6-13(15)2)22-16-17(21)23-20(24-19(16)25)28(3,26)27;1-2;;;/h4-11H,1-3H3,(H-,21,23,24);1-2H3;1H3;;/q-1;;-1;+1;. The van der Waals surface area contributed by atoms with Crippen molar-refractivity contribution in [3.63, 3.8) is 0 Å². The molecule has 10 heteroatoms. The third-order valence-corrected chi connectivity index (χ3v) is 5.34. The van der Waals surface area contributed by atoms with E-state index in [1.54, 1.807) is 4.57 Å². The second kappa shape index (κ2) is 13.3.